The molecule has 2 N–H and O–H groups in total. The van der Waals surface area contributed by atoms with E-state index >= 15 is 0 Å². The summed E-state index contributed by atoms with van der Waals surface area (Å²) in [5.74, 6) is 0.373. The average Bonchev–Trinajstić information content (AvgIpc) is 2.67. The quantitative estimate of drug-likeness (QED) is 0.677. The van der Waals surface area contributed by atoms with Gasteiger partial charge in [0.05, 0.1) is 12.1 Å². The number of anilines is 2. The van der Waals surface area contributed by atoms with Gasteiger partial charge in [0.25, 0.3) is 5.91 Å². The number of halogens is 1. The van der Waals surface area contributed by atoms with E-state index in [1.807, 2.05) is 36.4 Å². The van der Waals surface area contributed by atoms with Gasteiger partial charge in [-0.05, 0) is 35.9 Å². The molecule has 6 heteroatoms. The number of ether oxygens (including phenoxy) is 1. The second kappa shape index (κ2) is 8.36. The van der Waals surface area contributed by atoms with E-state index in [1.54, 1.807) is 37.6 Å². The molecule has 0 saturated heterocycles. The Labute approximate surface area is 157 Å². The predicted molar refractivity (Wildman–Crippen MR) is 103 cm³/mol. The first-order valence-corrected chi connectivity index (χ1v) is 8.42. The summed E-state index contributed by atoms with van der Waals surface area (Å²) in [6.45, 7) is 0.451. The van der Waals surface area contributed by atoms with Gasteiger partial charge in [0.2, 0.25) is 0 Å². The van der Waals surface area contributed by atoms with Crippen LogP contribution >= 0.6 is 11.6 Å². The number of methoxy groups -OCH3 is 1. The van der Waals surface area contributed by atoms with Crippen molar-refractivity contribution in [3.8, 4) is 5.75 Å². The van der Waals surface area contributed by atoms with E-state index in [0.717, 1.165) is 16.9 Å². The van der Waals surface area contributed by atoms with Crippen LogP contribution in [0.3, 0.4) is 0 Å². The van der Waals surface area contributed by atoms with Crippen LogP contribution in [0.5, 0.6) is 5.75 Å². The van der Waals surface area contributed by atoms with Crippen LogP contribution in [0.4, 0.5) is 11.4 Å². The molecule has 2 aromatic carbocycles. The lowest BCUT2D eigenvalue weighted by molar-refractivity contribution is 0.0946. The third-order valence-corrected chi connectivity index (χ3v) is 4.02. The number of amides is 1. The molecule has 5 nitrogen and oxygen atoms in total. The minimum atomic E-state index is -0.231. The Morgan fingerprint density at radius 2 is 1.85 bits per heavy atom. The Balaban J connectivity index is 1.67. The number of carbonyl (C=O) groups is 1. The summed E-state index contributed by atoms with van der Waals surface area (Å²) < 4.78 is 5.14. The number of carbonyl (C=O) groups excluding carboxylic acids is 1. The van der Waals surface area contributed by atoms with E-state index < -0.39 is 0 Å². The van der Waals surface area contributed by atoms with Crippen LogP contribution in [-0.4, -0.2) is 18.0 Å². The predicted octanol–water partition coefficient (Wildman–Crippen LogP) is 4.42. The number of hydrogen-bond acceptors (Lipinski definition) is 4. The van der Waals surface area contributed by atoms with Crippen molar-refractivity contribution >= 4 is 28.9 Å². The Morgan fingerprint density at radius 3 is 2.58 bits per heavy atom. The van der Waals surface area contributed by atoms with Gasteiger partial charge in [-0.15, -0.1) is 0 Å². The number of hydrogen-bond donors (Lipinski definition) is 2. The number of rotatable bonds is 6. The maximum atomic E-state index is 12.3. The Kier molecular flexibility index (Phi) is 5.71. The standard InChI is InChI=1S/C20H18ClN3O2/c1-26-19-8-7-15(11-17(19)21)24-16-9-10-22-18(12-16)20(25)23-13-14-5-3-2-4-6-14/h2-12H,13H2,1H3,(H,22,24)(H,23,25). The third-order valence-electron chi connectivity index (χ3n) is 3.73. The first-order valence-electron chi connectivity index (χ1n) is 8.04. The topological polar surface area (TPSA) is 63.2 Å². The highest BCUT2D eigenvalue weighted by molar-refractivity contribution is 6.32. The van der Waals surface area contributed by atoms with Crippen molar-refractivity contribution in [2.24, 2.45) is 0 Å². The number of nitrogens with zero attached hydrogens (tertiary/aromatic N) is 1. The van der Waals surface area contributed by atoms with Crippen LogP contribution in [0.15, 0.2) is 66.9 Å². The van der Waals surface area contributed by atoms with Crippen molar-refractivity contribution in [2.75, 3.05) is 12.4 Å². The van der Waals surface area contributed by atoms with Gasteiger partial charge in [-0.1, -0.05) is 41.9 Å². The summed E-state index contributed by atoms with van der Waals surface area (Å²) in [5.41, 5.74) is 2.90. The molecule has 3 rings (SSSR count). The van der Waals surface area contributed by atoms with Crippen LogP contribution < -0.4 is 15.4 Å². The van der Waals surface area contributed by atoms with E-state index in [1.165, 1.54) is 0 Å². The Hall–Kier alpha value is -3.05. The van der Waals surface area contributed by atoms with Crippen LogP contribution in [-0.2, 0) is 6.54 Å². The molecule has 1 amide bonds. The highest BCUT2D eigenvalue weighted by Gasteiger charge is 2.08. The second-order valence-electron chi connectivity index (χ2n) is 5.57. The molecule has 0 spiro atoms. The lowest BCUT2D eigenvalue weighted by Crippen LogP contribution is -2.23. The van der Waals surface area contributed by atoms with Gasteiger partial charge in [-0.25, -0.2) is 0 Å². The fourth-order valence-electron chi connectivity index (χ4n) is 2.41. The third kappa shape index (κ3) is 4.52. The van der Waals surface area contributed by atoms with E-state index in [2.05, 4.69) is 15.6 Å². The SMILES string of the molecule is COc1ccc(Nc2ccnc(C(=O)NCc3ccccc3)c2)cc1Cl. The smallest absolute Gasteiger partial charge is 0.270 e. The molecule has 0 aliphatic carbocycles. The zero-order valence-corrected chi connectivity index (χ0v) is 15.0. The zero-order chi connectivity index (χ0) is 18.4. The fraction of sp³-hybridized carbons (Fsp3) is 0.100. The van der Waals surface area contributed by atoms with Crippen molar-refractivity contribution in [3.05, 3.63) is 83.1 Å². The summed E-state index contributed by atoms with van der Waals surface area (Å²) >= 11 is 6.14. The van der Waals surface area contributed by atoms with Crippen LogP contribution in [0, 0.1) is 0 Å². The maximum Gasteiger partial charge on any atom is 0.270 e. The van der Waals surface area contributed by atoms with Gasteiger partial charge in [0, 0.05) is 24.1 Å². The monoisotopic (exact) mass is 367 g/mol. The van der Waals surface area contributed by atoms with E-state index in [9.17, 15) is 4.79 Å². The molecule has 0 fully saturated rings. The minimum Gasteiger partial charge on any atom is -0.495 e. The summed E-state index contributed by atoms with van der Waals surface area (Å²) in [4.78, 5) is 16.5. The van der Waals surface area contributed by atoms with Gasteiger partial charge in [-0.3, -0.25) is 9.78 Å². The van der Waals surface area contributed by atoms with E-state index in [-0.39, 0.29) is 5.91 Å². The summed E-state index contributed by atoms with van der Waals surface area (Å²) in [6.07, 6.45) is 1.59. The average molecular weight is 368 g/mol. The van der Waals surface area contributed by atoms with Crippen LogP contribution in [0.1, 0.15) is 16.1 Å². The number of aromatic nitrogens is 1. The molecule has 0 radical (unpaired) electrons. The number of pyridine rings is 1. The molecule has 0 atom stereocenters. The van der Waals surface area contributed by atoms with Crippen molar-refractivity contribution in [3.63, 3.8) is 0 Å². The van der Waals surface area contributed by atoms with Gasteiger partial charge < -0.3 is 15.4 Å². The normalized spacial score (nSPS) is 10.2. The second-order valence-corrected chi connectivity index (χ2v) is 5.98. The molecule has 26 heavy (non-hydrogen) atoms. The molecule has 0 aliphatic heterocycles. The van der Waals surface area contributed by atoms with Gasteiger partial charge >= 0.3 is 0 Å². The van der Waals surface area contributed by atoms with Crippen molar-refractivity contribution < 1.29 is 9.53 Å². The maximum absolute atomic E-state index is 12.3. The molecule has 132 valence electrons. The molecule has 0 bridgehead atoms. The highest BCUT2D eigenvalue weighted by atomic mass is 35.5. The first-order chi connectivity index (χ1) is 12.7. The molecule has 1 heterocycles. The van der Waals surface area contributed by atoms with Crippen LogP contribution in [0.25, 0.3) is 0 Å². The van der Waals surface area contributed by atoms with E-state index in [4.69, 9.17) is 16.3 Å². The van der Waals surface area contributed by atoms with Gasteiger partial charge in [-0.2, -0.15) is 0 Å². The summed E-state index contributed by atoms with van der Waals surface area (Å²) in [5, 5.41) is 6.58. The minimum absolute atomic E-state index is 0.231. The van der Waals surface area contributed by atoms with E-state index in [0.29, 0.717) is 23.0 Å². The molecule has 0 saturated carbocycles. The van der Waals surface area contributed by atoms with Crippen LogP contribution in [0.2, 0.25) is 5.02 Å². The molecular weight excluding hydrogens is 350 g/mol. The van der Waals surface area contributed by atoms with Crippen molar-refractivity contribution in [1.29, 1.82) is 0 Å². The summed E-state index contributed by atoms with van der Waals surface area (Å²) in [6, 6.07) is 18.6. The Bertz CT molecular complexity index is 901. The Morgan fingerprint density at radius 1 is 1.08 bits per heavy atom. The molecule has 3 aromatic rings. The first kappa shape index (κ1) is 17.8. The highest BCUT2D eigenvalue weighted by Crippen LogP contribution is 2.28. The molecule has 1 aromatic heterocycles. The van der Waals surface area contributed by atoms with Crippen molar-refractivity contribution in [1.82, 2.24) is 10.3 Å². The molecule has 0 aliphatic rings. The lowest BCUT2D eigenvalue weighted by atomic mass is 10.2. The largest absolute Gasteiger partial charge is 0.495 e. The number of nitrogens with one attached hydrogen (secondary N) is 2. The zero-order valence-electron chi connectivity index (χ0n) is 14.2. The van der Waals surface area contributed by atoms with Crippen molar-refractivity contribution in [2.45, 2.75) is 6.54 Å². The fourth-order valence-corrected chi connectivity index (χ4v) is 2.67. The number of benzene rings is 2. The molecular formula is C20H18ClN3O2. The molecule has 0 unspecified atom stereocenters. The summed E-state index contributed by atoms with van der Waals surface area (Å²) in [7, 11) is 1.57. The lowest BCUT2D eigenvalue weighted by Gasteiger charge is -2.10. The van der Waals surface area contributed by atoms with Gasteiger partial charge in [0.1, 0.15) is 11.4 Å². The van der Waals surface area contributed by atoms with Gasteiger partial charge in [0.15, 0.2) is 0 Å².